The van der Waals surface area contributed by atoms with Crippen molar-refractivity contribution in [2.24, 2.45) is 0 Å². The maximum atomic E-state index is 12.3. The van der Waals surface area contributed by atoms with Gasteiger partial charge in [-0.25, -0.2) is 0 Å². The molecule has 1 aliphatic heterocycles. The molecular formula is C14H16ClN3O. The Hall–Kier alpha value is -1.57. The first-order chi connectivity index (χ1) is 8.94. The molecule has 4 nitrogen and oxygen atoms in total. The van der Waals surface area contributed by atoms with Crippen LogP contribution in [0.3, 0.4) is 0 Å². The zero-order chi connectivity index (χ0) is 14.0. The third-order valence-corrected chi connectivity index (χ3v) is 3.67. The molecule has 0 saturated carbocycles. The van der Waals surface area contributed by atoms with E-state index >= 15 is 0 Å². The molecule has 0 atom stereocenters. The molecule has 1 amide bonds. The molecule has 1 aromatic rings. The number of nitrogens with zero attached hydrogens (tertiary/aromatic N) is 2. The van der Waals surface area contributed by atoms with Gasteiger partial charge < -0.3 is 10.2 Å². The van der Waals surface area contributed by atoms with Gasteiger partial charge in [-0.2, -0.15) is 5.26 Å². The van der Waals surface area contributed by atoms with Gasteiger partial charge in [-0.15, -0.1) is 0 Å². The van der Waals surface area contributed by atoms with Crippen molar-refractivity contribution < 1.29 is 4.79 Å². The van der Waals surface area contributed by atoms with Gasteiger partial charge in [0.1, 0.15) is 0 Å². The number of amides is 1. The standard InChI is InChI=1S/C14H16ClN3O/c1-14(2)13(19)18(6-5-17-14)9-11-4-3-10(8-16)7-12(11)15/h3-4,7,17H,5-6,9H2,1-2H3. The molecule has 5 heteroatoms. The second-order valence-corrected chi connectivity index (χ2v) is 5.60. The highest BCUT2D eigenvalue weighted by molar-refractivity contribution is 6.31. The molecule has 1 heterocycles. The molecule has 0 aromatic heterocycles. The van der Waals surface area contributed by atoms with Crippen molar-refractivity contribution in [3.05, 3.63) is 34.3 Å². The fourth-order valence-corrected chi connectivity index (χ4v) is 2.42. The molecular weight excluding hydrogens is 262 g/mol. The number of nitrogens with one attached hydrogen (secondary N) is 1. The minimum atomic E-state index is -0.530. The van der Waals surface area contributed by atoms with E-state index in [4.69, 9.17) is 16.9 Å². The number of nitriles is 1. The molecule has 1 fully saturated rings. The maximum Gasteiger partial charge on any atom is 0.242 e. The highest BCUT2D eigenvalue weighted by Gasteiger charge is 2.35. The van der Waals surface area contributed by atoms with Gasteiger partial charge in [0.2, 0.25) is 5.91 Å². The topological polar surface area (TPSA) is 56.1 Å². The minimum Gasteiger partial charge on any atom is -0.335 e. The van der Waals surface area contributed by atoms with Crippen LogP contribution in [-0.4, -0.2) is 29.4 Å². The number of piperazine rings is 1. The van der Waals surface area contributed by atoms with E-state index in [1.807, 2.05) is 26.0 Å². The van der Waals surface area contributed by atoms with E-state index in [0.29, 0.717) is 23.7 Å². The highest BCUT2D eigenvalue weighted by Crippen LogP contribution is 2.22. The van der Waals surface area contributed by atoms with Crippen molar-refractivity contribution >= 4 is 17.5 Å². The summed E-state index contributed by atoms with van der Waals surface area (Å²) >= 11 is 6.14. The summed E-state index contributed by atoms with van der Waals surface area (Å²) in [4.78, 5) is 14.0. The molecule has 1 aromatic carbocycles. The maximum absolute atomic E-state index is 12.3. The molecule has 0 radical (unpaired) electrons. The lowest BCUT2D eigenvalue weighted by Gasteiger charge is -2.38. The fourth-order valence-electron chi connectivity index (χ4n) is 2.18. The lowest BCUT2D eigenvalue weighted by atomic mass is 10.00. The summed E-state index contributed by atoms with van der Waals surface area (Å²) in [7, 11) is 0. The molecule has 19 heavy (non-hydrogen) atoms. The van der Waals surface area contributed by atoms with Crippen LogP contribution in [0, 0.1) is 11.3 Å². The Balaban J connectivity index is 2.18. The van der Waals surface area contributed by atoms with Gasteiger partial charge in [0, 0.05) is 24.7 Å². The third kappa shape index (κ3) is 2.89. The summed E-state index contributed by atoms with van der Waals surface area (Å²) in [6.45, 7) is 5.67. The zero-order valence-electron chi connectivity index (χ0n) is 11.0. The minimum absolute atomic E-state index is 0.0687. The lowest BCUT2D eigenvalue weighted by molar-refractivity contribution is -0.140. The Bertz CT molecular complexity index is 548. The molecule has 0 spiro atoms. The van der Waals surface area contributed by atoms with Crippen molar-refractivity contribution in [1.29, 1.82) is 5.26 Å². The zero-order valence-corrected chi connectivity index (χ0v) is 11.8. The normalized spacial score (nSPS) is 18.2. The van der Waals surface area contributed by atoms with E-state index in [-0.39, 0.29) is 5.91 Å². The van der Waals surface area contributed by atoms with Crippen LogP contribution in [-0.2, 0) is 11.3 Å². The molecule has 1 aliphatic rings. The van der Waals surface area contributed by atoms with Crippen LogP contribution in [0.15, 0.2) is 18.2 Å². The summed E-state index contributed by atoms with van der Waals surface area (Å²) in [6.07, 6.45) is 0. The van der Waals surface area contributed by atoms with Crippen LogP contribution >= 0.6 is 11.6 Å². The summed E-state index contributed by atoms with van der Waals surface area (Å²) in [5, 5.41) is 12.5. The predicted molar refractivity (Wildman–Crippen MR) is 73.7 cm³/mol. The first kappa shape index (κ1) is 13.9. The molecule has 2 rings (SSSR count). The molecule has 1 saturated heterocycles. The van der Waals surface area contributed by atoms with Crippen molar-refractivity contribution in [2.45, 2.75) is 25.9 Å². The average Bonchev–Trinajstić information content (AvgIpc) is 2.37. The number of carbonyl (C=O) groups is 1. The SMILES string of the molecule is CC1(C)NCCN(Cc2ccc(C#N)cc2Cl)C1=O. The van der Waals surface area contributed by atoms with Crippen LogP contribution < -0.4 is 5.32 Å². The summed E-state index contributed by atoms with van der Waals surface area (Å²) in [5.41, 5.74) is 0.865. The Morgan fingerprint density at radius 3 is 2.89 bits per heavy atom. The third-order valence-electron chi connectivity index (χ3n) is 3.31. The van der Waals surface area contributed by atoms with Crippen LogP contribution in [0.2, 0.25) is 5.02 Å². The monoisotopic (exact) mass is 277 g/mol. The van der Waals surface area contributed by atoms with Crippen LogP contribution in [0.1, 0.15) is 25.0 Å². The Morgan fingerprint density at radius 2 is 2.26 bits per heavy atom. The predicted octanol–water partition coefficient (Wildman–Crippen LogP) is 1.92. The van der Waals surface area contributed by atoms with Crippen molar-refractivity contribution in [1.82, 2.24) is 10.2 Å². The fraction of sp³-hybridized carbons (Fsp3) is 0.429. The van der Waals surface area contributed by atoms with Gasteiger partial charge in [0.05, 0.1) is 17.2 Å². The first-order valence-corrected chi connectivity index (χ1v) is 6.55. The first-order valence-electron chi connectivity index (χ1n) is 6.17. The van der Waals surface area contributed by atoms with Crippen LogP contribution in [0.25, 0.3) is 0 Å². The molecule has 100 valence electrons. The van der Waals surface area contributed by atoms with E-state index in [9.17, 15) is 4.79 Å². The van der Waals surface area contributed by atoms with Crippen LogP contribution in [0.5, 0.6) is 0 Å². The smallest absolute Gasteiger partial charge is 0.242 e. The van der Waals surface area contributed by atoms with Gasteiger partial charge in [-0.3, -0.25) is 4.79 Å². The van der Waals surface area contributed by atoms with Crippen molar-refractivity contribution in [2.75, 3.05) is 13.1 Å². The number of hydrogen-bond acceptors (Lipinski definition) is 3. The summed E-state index contributed by atoms with van der Waals surface area (Å²) in [5.74, 6) is 0.0687. The number of halogens is 1. The van der Waals surface area contributed by atoms with E-state index < -0.39 is 5.54 Å². The van der Waals surface area contributed by atoms with Gasteiger partial charge in [0.25, 0.3) is 0 Å². The van der Waals surface area contributed by atoms with E-state index in [0.717, 1.165) is 12.1 Å². The van der Waals surface area contributed by atoms with Crippen LogP contribution in [0.4, 0.5) is 0 Å². The van der Waals surface area contributed by atoms with Crippen molar-refractivity contribution in [3.63, 3.8) is 0 Å². The van der Waals surface area contributed by atoms with E-state index in [1.54, 1.807) is 17.0 Å². The summed E-state index contributed by atoms with van der Waals surface area (Å²) < 4.78 is 0. The van der Waals surface area contributed by atoms with Crippen molar-refractivity contribution in [3.8, 4) is 6.07 Å². The van der Waals surface area contributed by atoms with E-state index in [2.05, 4.69) is 5.32 Å². The largest absolute Gasteiger partial charge is 0.335 e. The van der Waals surface area contributed by atoms with Gasteiger partial charge in [0.15, 0.2) is 0 Å². The number of benzene rings is 1. The number of rotatable bonds is 2. The molecule has 1 N–H and O–H groups in total. The van der Waals surface area contributed by atoms with E-state index in [1.165, 1.54) is 0 Å². The lowest BCUT2D eigenvalue weighted by Crippen LogP contribution is -2.60. The second kappa shape index (κ2) is 5.20. The number of carbonyl (C=O) groups excluding carboxylic acids is 1. The summed E-state index contributed by atoms with van der Waals surface area (Å²) in [6, 6.07) is 7.21. The molecule has 0 unspecified atom stereocenters. The van der Waals surface area contributed by atoms with Gasteiger partial charge in [-0.05, 0) is 31.5 Å². The Morgan fingerprint density at radius 1 is 1.53 bits per heavy atom. The van der Waals surface area contributed by atoms with Gasteiger partial charge >= 0.3 is 0 Å². The molecule has 0 aliphatic carbocycles. The molecule has 0 bridgehead atoms. The Labute approximate surface area is 118 Å². The quantitative estimate of drug-likeness (QED) is 0.899. The average molecular weight is 278 g/mol. The number of hydrogen-bond donors (Lipinski definition) is 1. The second-order valence-electron chi connectivity index (χ2n) is 5.20. The van der Waals surface area contributed by atoms with Gasteiger partial charge in [-0.1, -0.05) is 17.7 Å². The highest BCUT2D eigenvalue weighted by atomic mass is 35.5. The Kier molecular flexibility index (Phi) is 3.79.